The molecule has 16 heavy (non-hydrogen) atoms. The fourth-order valence-corrected chi connectivity index (χ4v) is 1.44. The Morgan fingerprint density at radius 1 is 0.750 bits per heavy atom. The Bertz CT molecular complexity index is 510. The summed E-state index contributed by atoms with van der Waals surface area (Å²) in [6.45, 7) is 0. The molecule has 1 aromatic carbocycles. The molecular weight excluding hydrogens is 321 g/mol. The van der Waals surface area contributed by atoms with E-state index in [9.17, 15) is 0 Å². The van der Waals surface area contributed by atoms with Gasteiger partial charge in [-0.25, -0.2) is 9.97 Å². The molecule has 3 rings (SSSR count). The summed E-state index contributed by atoms with van der Waals surface area (Å²) in [5.41, 5.74) is 2.63. The smallest absolute Gasteiger partial charge is 0.116 e. The van der Waals surface area contributed by atoms with Crippen LogP contribution in [0.2, 0.25) is 0 Å². The molecule has 0 aliphatic heterocycles. The quantitative estimate of drug-likeness (QED) is 0.377. The molecule has 0 unspecified atom stereocenters. The Morgan fingerprint density at radius 2 is 1.44 bits per heavy atom. The van der Waals surface area contributed by atoms with Gasteiger partial charge in [0.1, 0.15) is 6.33 Å². The van der Waals surface area contributed by atoms with E-state index in [-0.39, 0.29) is 35.2 Å². The van der Waals surface area contributed by atoms with Crippen molar-refractivity contribution in [3.63, 3.8) is 0 Å². The van der Waals surface area contributed by atoms with E-state index in [1.165, 1.54) is 6.33 Å². The first-order chi connectivity index (χ1) is 6.93. The standard InChI is InChI=1S/C10H6N4.2GeH4/c1-2-13-10-4-8-7(3-9(10)12-1)5-11-6-14-8;;/h1-6H;2*1H4. The molecule has 6 heteroatoms. The number of nitrogens with zero attached hydrogens (tertiary/aromatic N) is 4. The van der Waals surface area contributed by atoms with Gasteiger partial charge in [0.25, 0.3) is 0 Å². The minimum Gasteiger partial charge on any atom is -0.253 e. The first-order valence-corrected chi connectivity index (χ1v) is 4.24. The molecule has 2 heterocycles. The molecule has 0 aliphatic rings. The Morgan fingerprint density at radius 3 is 2.19 bits per heavy atom. The third-order valence-electron chi connectivity index (χ3n) is 2.09. The summed E-state index contributed by atoms with van der Waals surface area (Å²) in [5, 5.41) is 0.987. The predicted octanol–water partition coefficient (Wildman–Crippen LogP) is -1.33. The van der Waals surface area contributed by atoms with Crippen molar-refractivity contribution in [2.24, 2.45) is 0 Å². The van der Waals surface area contributed by atoms with Crippen molar-refractivity contribution in [1.29, 1.82) is 0 Å². The molecule has 0 saturated heterocycles. The summed E-state index contributed by atoms with van der Waals surface area (Å²) in [6.07, 6.45) is 6.66. The predicted molar refractivity (Wildman–Crippen MR) is 75.3 cm³/mol. The number of hydrogen-bond acceptors (Lipinski definition) is 4. The van der Waals surface area contributed by atoms with Gasteiger partial charge < -0.3 is 0 Å². The van der Waals surface area contributed by atoms with Gasteiger partial charge in [-0.2, -0.15) is 0 Å². The fourth-order valence-electron chi connectivity index (χ4n) is 1.44. The topological polar surface area (TPSA) is 51.6 Å². The Labute approximate surface area is 114 Å². The summed E-state index contributed by atoms with van der Waals surface area (Å²) < 4.78 is 0. The molecule has 82 valence electrons. The molecule has 0 bridgehead atoms. The van der Waals surface area contributed by atoms with Crippen molar-refractivity contribution in [3.8, 4) is 0 Å². The Balaban J connectivity index is 0.000000640. The summed E-state index contributed by atoms with van der Waals surface area (Å²) in [7, 11) is 0. The van der Waals surface area contributed by atoms with Crippen LogP contribution in [0.4, 0.5) is 0 Å². The monoisotopic (exact) mass is 338 g/mol. The van der Waals surface area contributed by atoms with Gasteiger partial charge in [0.2, 0.25) is 0 Å². The molecule has 0 saturated carbocycles. The van der Waals surface area contributed by atoms with Crippen LogP contribution in [0.15, 0.2) is 37.1 Å². The molecule has 4 nitrogen and oxygen atoms in total. The third-order valence-corrected chi connectivity index (χ3v) is 2.09. The number of fused-ring (bicyclic) bond motifs is 2. The number of benzene rings is 1. The Kier molecular flexibility index (Phi) is 4.37. The van der Waals surface area contributed by atoms with Crippen LogP contribution in [-0.2, 0) is 0 Å². The van der Waals surface area contributed by atoms with E-state index in [0.29, 0.717) is 0 Å². The SMILES string of the molecule is [GeH4].[GeH4].c1ncc2cc3nccnc3cc2n1. The van der Waals surface area contributed by atoms with Crippen molar-refractivity contribution in [2.45, 2.75) is 0 Å². The maximum Gasteiger partial charge on any atom is 0.116 e. The van der Waals surface area contributed by atoms with Gasteiger partial charge in [0.15, 0.2) is 0 Å². The normalized spacial score (nSPS) is 9.50. The zero-order chi connectivity index (χ0) is 9.38. The van der Waals surface area contributed by atoms with Crippen molar-refractivity contribution in [3.05, 3.63) is 37.1 Å². The molecule has 2 aromatic heterocycles. The summed E-state index contributed by atoms with van der Waals surface area (Å²) in [5.74, 6) is 0. The van der Waals surface area contributed by atoms with E-state index in [2.05, 4.69) is 19.9 Å². The van der Waals surface area contributed by atoms with E-state index < -0.39 is 0 Å². The second-order valence-electron chi connectivity index (χ2n) is 2.98. The van der Waals surface area contributed by atoms with E-state index in [1.807, 2.05) is 12.1 Å². The van der Waals surface area contributed by atoms with Crippen LogP contribution in [0.5, 0.6) is 0 Å². The average Bonchev–Trinajstić information content (AvgIpc) is 2.26. The number of rotatable bonds is 0. The van der Waals surface area contributed by atoms with E-state index in [0.717, 1.165) is 21.9 Å². The van der Waals surface area contributed by atoms with Crippen molar-refractivity contribution in [2.75, 3.05) is 0 Å². The maximum absolute atomic E-state index is 4.21. The minimum atomic E-state index is 0. The van der Waals surface area contributed by atoms with Crippen LogP contribution >= 0.6 is 0 Å². The number of aromatic nitrogens is 4. The molecule has 3 aromatic rings. The van der Waals surface area contributed by atoms with Crippen LogP contribution in [0, 0.1) is 0 Å². The minimum absolute atomic E-state index is 0. The summed E-state index contributed by atoms with van der Waals surface area (Å²) >= 11 is 0. The van der Waals surface area contributed by atoms with Gasteiger partial charge in [-0.05, 0) is 12.1 Å². The molecule has 0 aliphatic carbocycles. The first-order valence-electron chi connectivity index (χ1n) is 4.24. The maximum atomic E-state index is 4.21. The largest absolute Gasteiger partial charge is 0.253 e. The van der Waals surface area contributed by atoms with Gasteiger partial charge in [0, 0.05) is 24.0 Å². The van der Waals surface area contributed by atoms with E-state index in [4.69, 9.17) is 0 Å². The van der Waals surface area contributed by atoms with Crippen LogP contribution in [0.1, 0.15) is 0 Å². The Hall–Kier alpha value is -1.01. The van der Waals surface area contributed by atoms with Gasteiger partial charge >= 0.3 is 35.2 Å². The summed E-state index contributed by atoms with van der Waals surface area (Å²) in [4.78, 5) is 16.5. The van der Waals surface area contributed by atoms with Crippen molar-refractivity contribution >= 4 is 57.1 Å². The van der Waals surface area contributed by atoms with E-state index in [1.54, 1.807) is 18.6 Å². The van der Waals surface area contributed by atoms with Crippen LogP contribution in [-0.4, -0.2) is 55.1 Å². The van der Waals surface area contributed by atoms with Gasteiger partial charge in [-0.15, -0.1) is 0 Å². The third kappa shape index (κ3) is 2.22. The first kappa shape index (κ1) is 13.1. The fraction of sp³-hybridized carbons (Fsp3) is 0. The molecule has 0 atom stereocenters. The molecule has 0 N–H and O–H groups in total. The molecule has 0 spiro atoms. The van der Waals surface area contributed by atoms with Gasteiger partial charge in [-0.1, -0.05) is 0 Å². The average molecular weight is 335 g/mol. The molecule has 0 radical (unpaired) electrons. The van der Waals surface area contributed by atoms with E-state index >= 15 is 0 Å². The van der Waals surface area contributed by atoms with Crippen molar-refractivity contribution < 1.29 is 0 Å². The molecular formula is C10H14Ge2N4. The van der Waals surface area contributed by atoms with Crippen LogP contribution in [0.3, 0.4) is 0 Å². The van der Waals surface area contributed by atoms with Crippen LogP contribution < -0.4 is 0 Å². The van der Waals surface area contributed by atoms with Gasteiger partial charge in [-0.3, -0.25) is 9.97 Å². The van der Waals surface area contributed by atoms with Crippen molar-refractivity contribution in [1.82, 2.24) is 19.9 Å². The zero-order valence-electron chi connectivity index (χ0n) is 7.25. The second kappa shape index (κ2) is 5.36. The van der Waals surface area contributed by atoms with Crippen LogP contribution in [0.25, 0.3) is 21.9 Å². The summed E-state index contributed by atoms with van der Waals surface area (Å²) in [6, 6.07) is 3.86. The zero-order valence-corrected chi connectivity index (χ0v) is 7.25. The molecule has 0 amide bonds. The second-order valence-corrected chi connectivity index (χ2v) is 2.98. The van der Waals surface area contributed by atoms with Gasteiger partial charge in [0.05, 0.1) is 16.6 Å². The number of hydrogen-bond donors (Lipinski definition) is 0. The molecule has 0 fully saturated rings.